The third kappa shape index (κ3) is 3.67. The van der Waals surface area contributed by atoms with E-state index in [1.807, 2.05) is 44.2 Å². The zero-order valence-corrected chi connectivity index (χ0v) is 13.2. The molecule has 0 aliphatic rings. The summed E-state index contributed by atoms with van der Waals surface area (Å²) < 4.78 is 6.57. The maximum absolute atomic E-state index is 9.84. The van der Waals surface area contributed by atoms with Gasteiger partial charge in [-0.3, -0.25) is 0 Å². The molecule has 0 heterocycles. The van der Waals surface area contributed by atoms with Crippen LogP contribution in [0.25, 0.3) is 0 Å². The van der Waals surface area contributed by atoms with Crippen LogP contribution in [0.2, 0.25) is 0 Å². The quantitative estimate of drug-likeness (QED) is 0.846. The monoisotopic (exact) mass is 335 g/mol. The maximum Gasteiger partial charge on any atom is 0.142 e. The Bertz CT molecular complexity index is 599. The summed E-state index contributed by atoms with van der Waals surface area (Å²) in [5.41, 5.74) is 2.92. The predicted octanol–water partition coefficient (Wildman–Crippen LogP) is 4.47. The van der Waals surface area contributed by atoms with E-state index in [2.05, 4.69) is 21.2 Å². The summed E-state index contributed by atoms with van der Waals surface area (Å²) in [6.07, 6.45) is 0. The molecule has 20 heavy (non-hydrogen) atoms. The van der Waals surface area contributed by atoms with E-state index < -0.39 is 0 Å². The lowest BCUT2D eigenvalue weighted by molar-refractivity contribution is 0.341. The number of benzene rings is 2. The van der Waals surface area contributed by atoms with Gasteiger partial charge < -0.3 is 15.2 Å². The zero-order valence-electron chi connectivity index (χ0n) is 11.6. The average molecular weight is 336 g/mol. The molecule has 0 radical (unpaired) electrons. The van der Waals surface area contributed by atoms with Crippen LogP contribution in [-0.2, 0) is 6.54 Å². The van der Waals surface area contributed by atoms with Gasteiger partial charge in [-0.15, -0.1) is 0 Å². The lowest BCUT2D eigenvalue weighted by Gasteiger charge is -2.14. The van der Waals surface area contributed by atoms with Crippen LogP contribution in [0.1, 0.15) is 18.1 Å². The molecule has 2 aromatic carbocycles. The molecular weight excluding hydrogens is 318 g/mol. The molecule has 0 aliphatic heterocycles. The summed E-state index contributed by atoms with van der Waals surface area (Å²) in [5.74, 6) is 1.12. The Kier molecular flexibility index (Phi) is 4.90. The second-order valence-corrected chi connectivity index (χ2v) is 5.47. The highest BCUT2D eigenvalue weighted by atomic mass is 79.9. The molecule has 0 aromatic heterocycles. The Morgan fingerprint density at radius 1 is 1.20 bits per heavy atom. The van der Waals surface area contributed by atoms with Crippen LogP contribution >= 0.6 is 15.9 Å². The molecule has 0 fully saturated rings. The third-order valence-electron chi connectivity index (χ3n) is 2.95. The van der Waals surface area contributed by atoms with Crippen LogP contribution in [0.3, 0.4) is 0 Å². The molecule has 0 saturated heterocycles. The summed E-state index contributed by atoms with van der Waals surface area (Å²) in [7, 11) is 0. The van der Waals surface area contributed by atoms with Gasteiger partial charge in [0.05, 0.1) is 12.3 Å². The van der Waals surface area contributed by atoms with Crippen molar-refractivity contribution in [1.29, 1.82) is 0 Å². The highest BCUT2D eigenvalue weighted by Gasteiger charge is 2.06. The number of aryl methyl sites for hydroxylation is 1. The van der Waals surface area contributed by atoms with E-state index in [9.17, 15) is 5.11 Å². The summed E-state index contributed by atoms with van der Waals surface area (Å²) in [6.45, 7) is 5.16. The van der Waals surface area contributed by atoms with Gasteiger partial charge in [-0.05, 0) is 49.7 Å². The van der Waals surface area contributed by atoms with Crippen LogP contribution in [-0.4, -0.2) is 11.7 Å². The molecule has 0 spiro atoms. The number of hydrogen-bond acceptors (Lipinski definition) is 3. The van der Waals surface area contributed by atoms with E-state index in [0.29, 0.717) is 13.2 Å². The Balaban J connectivity index is 2.16. The molecule has 0 atom stereocenters. The van der Waals surface area contributed by atoms with Crippen LogP contribution in [0.4, 0.5) is 5.69 Å². The number of aromatic hydroxyl groups is 1. The lowest BCUT2D eigenvalue weighted by atomic mass is 10.1. The molecule has 2 aromatic rings. The fourth-order valence-corrected chi connectivity index (χ4v) is 2.35. The third-order valence-corrected chi connectivity index (χ3v) is 3.44. The summed E-state index contributed by atoms with van der Waals surface area (Å²) in [6, 6.07) is 11.4. The molecule has 2 rings (SSSR count). The smallest absolute Gasteiger partial charge is 0.142 e. The molecule has 0 aliphatic carbocycles. The largest absolute Gasteiger partial charge is 0.508 e. The number of nitrogens with one attached hydrogen (secondary N) is 1. The van der Waals surface area contributed by atoms with Crippen molar-refractivity contribution in [3.63, 3.8) is 0 Å². The van der Waals surface area contributed by atoms with E-state index in [1.54, 1.807) is 6.07 Å². The van der Waals surface area contributed by atoms with Gasteiger partial charge in [0.15, 0.2) is 0 Å². The highest BCUT2D eigenvalue weighted by Crippen LogP contribution is 2.28. The van der Waals surface area contributed by atoms with Gasteiger partial charge in [-0.25, -0.2) is 0 Å². The lowest BCUT2D eigenvalue weighted by Crippen LogP contribution is -2.03. The number of rotatable bonds is 5. The first kappa shape index (κ1) is 14.7. The average Bonchev–Trinajstić information content (AvgIpc) is 2.42. The van der Waals surface area contributed by atoms with Gasteiger partial charge in [0.25, 0.3) is 0 Å². The molecule has 0 bridgehead atoms. The van der Waals surface area contributed by atoms with Gasteiger partial charge in [-0.1, -0.05) is 22.0 Å². The summed E-state index contributed by atoms with van der Waals surface area (Å²) >= 11 is 3.41. The SMILES string of the molecule is CCOc1cc(C)ccc1NCc1cc(Br)ccc1O. The van der Waals surface area contributed by atoms with E-state index >= 15 is 0 Å². The molecule has 0 unspecified atom stereocenters. The van der Waals surface area contributed by atoms with Crippen LogP contribution in [0.15, 0.2) is 40.9 Å². The number of halogens is 1. The minimum absolute atomic E-state index is 0.283. The minimum Gasteiger partial charge on any atom is -0.508 e. The molecule has 0 saturated carbocycles. The van der Waals surface area contributed by atoms with Crippen molar-refractivity contribution >= 4 is 21.6 Å². The van der Waals surface area contributed by atoms with Gasteiger partial charge in [0.1, 0.15) is 11.5 Å². The fourth-order valence-electron chi connectivity index (χ4n) is 1.94. The second-order valence-electron chi connectivity index (χ2n) is 4.56. The molecule has 3 nitrogen and oxygen atoms in total. The normalized spacial score (nSPS) is 10.3. The fraction of sp³-hybridized carbons (Fsp3) is 0.250. The first-order chi connectivity index (χ1) is 9.60. The predicted molar refractivity (Wildman–Crippen MR) is 85.5 cm³/mol. The Hall–Kier alpha value is -1.68. The first-order valence-electron chi connectivity index (χ1n) is 6.55. The Morgan fingerprint density at radius 3 is 2.75 bits per heavy atom. The first-order valence-corrected chi connectivity index (χ1v) is 7.34. The Labute approximate surface area is 127 Å². The standard InChI is InChI=1S/C16H18BrNO2/c1-3-20-16-8-11(2)4-6-14(16)18-10-12-9-13(17)5-7-15(12)19/h4-9,18-19H,3,10H2,1-2H3. The number of hydrogen-bond donors (Lipinski definition) is 2. The number of phenols is 1. The van der Waals surface area contributed by atoms with Crippen LogP contribution in [0, 0.1) is 6.92 Å². The van der Waals surface area contributed by atoms with Gasteiger partial charge >= 0.3 is 0 Å². The number of ether oxygens (including phenoxy) is 1. The summed E-state index contributed by atoms with van der Waals surface area (Å²) in [4.78, 5) is 0. The summed E-state index contributed by atoms with van der Waals surface area (Å²) in [5, 5.41) is 13.1. The van der Waals surface area contributed by atoms with Crippen molar-refractivity contribution in [3.05, 3.63) is 52.0 Å². The second kappa shape index (κ2) is 6.66. The Morgan fingerprint density at radius 2 is 2.00 bits per heavy atom. The van der Waals surface area contributed by atoms with Gasteiger partial charge in [0.2, 0.25) is 0 Å². The molecule has 2 N–H and O–H groups in total. The van der Waals surface area contributed by atoms with E-state index in [-0.39, 0.29) is 5.75 Å². The van der Waals surface area contributed by atoms with Gasteiger partial charge in [-0.2, -0.15) is 0 Å². The van der Waals surface area contributed by atoms with Crippen LogP contribution in [0.5, 0.6) is 11.5 Å². The molecular formula is C16H18BrNO2. The van der Waals surface area contributed by atoms with Gasteiger partial charge in [0, 0.05) is 16.6 Å². The minimum atomic E-state index is 0.283. The highest BCUT2D eigenvalue weighted by molar-refractivity contribution is 9.10. The van der Waals surface area contributed by atoms with Crippen molar-refractivity contribution in [2.24, 2.45) is 0 Å². The molecule has 0 amide bonds. The molecule has 106 valence electrons. The van der Waals surface area contributed by atoms with Crippen molar-refractivity contribution < 1.29 is 9.84 Å². The van der Waals surface area contributed by atoms with Crippen molar-refractivity contribution in [2.75, 3.05) is 11.9 Å². The van der Waals surface area contributed by atoms with Crippen molar-refractivity contribution in [1.82, 2.24) is 0 Å². The molecule has 4 heteroatoms. The van der Waals surface area contributed by atoms with E-state index in [0.717, 1.165) is 27.0 Å². The number of phenolic OH excluding ortho intramolecular Hbond substituents is 1. The van der Waals surface area contributed by atoms with Crippen molar-refractivity contribution in [3.8, 4) is 11.5 Å². The van der Waals surface area contributed by atoms with E-state index in [4.69, 9.17) is 4.74 Å². The van der Waals surface area contributed by atoms with Crippen molar-refractivity contribution in [2.45, 2.75) is 20.4 Å². The number of anilines is 1. The zero-order chi connectivity index (χ0) is 14.5. The van der Waals surface area contributed by atoms with E-state index in [1.165, 1.54) is 0 Å². The van der Waals surface area contributed by atoms with Crippen LogP contribution < -0.4 is 10.1 Å². The maximum atomic E-state index is 9.84. The topological polar surface area (TPSA) is 41.5 Å².